The molecule has 0 atom stereocenters. The number of hydrogen-bond acceptors (Lipinski definition) is 2. The van der Waals surface area contributed by atoms with Gasteiger partial charge in [0.15, 0.2) is 0 Å². The van der Waals surface area contributed by atoms with Gasteiger partial charge in [-0.1, -0.05) is 24.4 Å². The summed E-state index contributed by atoms with van der Waals surface area (Å²) in [5.74, 6) is 0.771. The number of para-hydroxylation sites is 1. The Bertz CT molecular complexity index is 271. The summed E-state index contributed by atoms with van der Waals surface area (Å²) in [6, 6.07) is 7.54. The van der Waals surface area contributed by atoms with Crippen molar-refractivity contribution >= 4 is 29.0 Å². The molecule has 0 radical (unpaired) electrons. The van der Waals surface area contributed by atoms with E-state index in [1.54, 1.807) is 7.11 Å². The molecule has 1 aromatic rings. The number of thiol groups is 1. The summed E-state index contributed by atoms with van der Waals surface area (Å²) in [7, 11) is 1.62. The van der Waals surface area contributed by atoms with Crippen molar-refractivity contribution in [1.29, 1.82) is 0 Å². The Morgan fingerprint density at radius 3 is 2.55 bits per heavy atom. The number of benzene rings is 1. The van der Waals surface area contributed by atoms with E-state index in [2.05, 4.69) is 12.6 Å². The van der Waals surface area contributed by atoms with Gasteiger partial charge in [0.25, 0.3) is 0 Å². The molecule has 11 heavy (non-hydrogen) atoms. The van der Waals surface area contributed by atoms with Crippen LogP contribution in [0.2, 0.25) is 0 Å². The van der Waals surface area contributed by atoms with Gasteiger partial charge in [0, 0.05) is 5.56 Å². The molecule has 0 aromatic heterocycles. The van der Waals surface area contributed by atoms with Crippen molar-refractivity contribution in [1.82, 2.24) is 0 Å². The lowest BCUT2D eigenvalue weighted by molar-refractivity contribution is 0.414. The van der Waals surface area contributed by atoms with Crippen LogP contribution in [0.5, 0.6) is 5.75 Å². The van der Waals surface area contributed by atoms with Gasteiger partial charge >= 0.3 is 0 Å². The third-order valence-electron chi connectivity index (χ3n) is 1.34. The molecule has 58 valence electrons. The Morgan fingerprint density at radius 1 is 1.45 bits per heavy atom. The summed E-state index contributed by atoms with van der Waals surface area (Å²) in [4.78, 5) is 0. The fraction of sp³-hybridized carbons (Fsp3) is 0.125. The maximum atomic E-state index is 5.07. The van der Waals surface area contributed by atoms with Crippen molar-refractivity contribution < 1.29 is 4.74 Å². The van der Waals surface area contributed by atoms with Gasteiger partial charge in [-0.05, 0) is 12.1 Å². The SMILES string of the molecule is COc1ccccc1C(=S)S. The summed E-state index contributed by atoms with van der Waals surface area (Å²) < 4.78 is 5.63. The molecule has 0 saturated carbocycles. The molecule has 1 aromatic carbocycles. The Labute approximate surface area is 76.8 Å². The first-order valence-electron chi connectivity index (χ1n) is 3.12. The van der Waals surface area contributed by atoms with Crippen LogP contribution >= 0.6 is 24.8 Å². The van der Waals surface area contributed by atoms with Crippen LogP contribution in [0.25, 0.3) is 0 Å². The van der Waals surface area contributed by atoms with E-state index >= 15 is 0 Å². The van der Waals surface area contributed by atoms with Gasteiger partial charge in [-0.15, -0.1) is 12.6 Å². The van der Waals surface area contributed by atoms with E-state index in [9.17, 15) is 0 Å². The molecule has 0 bridgehead atoms. The number of ether oxygens (including phenoxy) is 1. The molecule has 0 aliphatic rings. The number of hydrogen-bond donors (Lipinski definition) is 1. The highest BCUT2D eigenvalue weighted by molar-refractivity contribution is 8.11. The second kappa shape index (κ2) is 3.74. The first-order chi connectivity index (χ1) is 5.25. The van der Waals surface area contributed by atoms with Gasteiger partial charge in [-0.25, -0.2) is 0 Å². The van der Waals surface area contributed by atoms with Crippen LogP contribution in [0.4, 0.5) is 0 Å². The number of methoxy groups -OCH3 is 1. The lowest BCUT2D eigenvalue weighted by atomic mass is 10.2. The van der Waals surface area contributed by atoms with Gasteiger partial charge in [0.1, 0.15) is 5.75 Å². The highest BCUT2D eigenvalue weighted by atomic mass is 32.1. The first kappa shape index (κ1) is 8.56. The van der Waals surface area contributed by atoms with Crippen molar-refractivity contribution in [2.24, 2.45) is 0 Å². The summed E-state index contributed by atoms with van der Waals surface area (Å²) >= 11 is 8.96. The van der Waals surface area contributed by atoms with Gasteiger partial charge in [-0.2, -0.15) is 0 Å². The Morgan fingerprint density at radius 2 is 2.09 bits per heavy atom. The molecule has 0 saturated heterocycles. The highest BCUT2D eigenvalue weighted by Crippen LogP contribution is 2.19. The van der Waals surface area contributed by atoms with E-state index in [-0.39, 0.29) is 0 Å². The molecule has 1 rings (SSSR count). The third kappa shape index (κ3) is 1.94. The molecule has 0 unspecified atom stereocenters. The van der Waals surface area contributed by atoms with Crippen LogP contribution in [-0.4, -0.2) is 11.3 Å². The van der Waals surface area contributed by atoms with E-state index < -0.39 is 0 Å². The van der Waals surface area contributed by atoms with Crippen molar-refractivity contribution in [2.45, 2.75) is 0 Å². The Kier molecular flexibility index (Phi) is 2.91. The first-order valence-corrected chi connectivity index (χ1v) is 3.97. The molecule has 0 spiro atoms. The van der Waals surface area contributed by atoms with E-state index in [0.717, 1.165) is 11.3 Å². The van der Waals surface area contributed by atoms with Crippen molar-refractivity contribution in [3.63, 3.8) is 0 Å². The minimum atomic E-state index is 0.558. The number of thiocarbonyl (C=S) groups is 1. The quantitative estimate of drug-likeness (QED) is 0.558. The standard InChI is InChI=1S/C8H8OS2/c1-9-7-5-3-2-4-6(7)8(10)11/h2-5H,1H3,(H,10,11). The van der Waals surface area contributed by atoms with Crippen LogP contribution < -0.4 is 4.74 Å². The summed E-state index contributed by atoms with van der Waals surface area (Å²) in [6.07, 6.45) is 0. The lowest BCUT2D eigenvalue weighted by Crippen LogP contribution is -1.92. The molecule has 0 aliphatic heterocycles. The summed E-state index contributed by atoms with van der Waals surface area (Å²) in [5, 5.41) is 0. The normalized spacial score (nSPS) is 9.27. The van der Waals surface area contributed by atoms with E-state index in [4.69, 9.17) is 17.0 Å². The zero-order valence-electron chi connectivity index (χ0n) is 6.07. The summed E-state index contributed by atoms with van der Waals surface area (Å²) in [6.45, 7) is 0. The highest BCUT2D eigenvalue weighted by Gasteiger charge is 2.01. The second-order valence-corrected chi connectivity index (χ2v) is 3.16. The molecule has 1 nitrogen and oxygen atoms in total. The predicted molar refractivity (Wildman–Crippen MR) is 53.7 cm³/mol. The molecule has 0 aliphatic carbocycles. The predicted octanol–water partition coefficient (Wildman–Crippen LogP) is 2.30. The third-order valence-corrected chi connectivity index (χ3v) is 1.80. The minimum Gasteiger partial charge on any atom is -0.496 e. The van der Waals surface area contributed by atoms with E-state index in [1.165, 1.54) is 0 Å². The minimum absolute atomic E-state index is 0.558. The van der Waals surface area contributed by atoms with Crippen LogP contribution in [0, 0.1) is 0 Å². The molecule has 0 N–H and O–H groups in total. The molecular formula is C8H8OS2. The molecule has 0 heterocycles. The van der Waals surface area contributed by atoms with E-state index in [0.29, 0.717) is 4.20 Å². The number of rotatable bonds is 2. The molecule has 0 fully saturated rings. The zero-order chi connectivity index (χ0) is 8.27. The average Bonchev–Trinajstić information content (AvgIpc) is 2.04. The molecule has 0 amide bonds. The van der Waals surface area contributed by atoms with Crippen molar-refractivity contribution in [3.8, 4) is 5.75 Å². The fourth-order valence-corrected chi connectivity index (χ4v) is 1.17. The zero-order valence-corrected chi connectivity index (χ0v) is 7.78. The largest absolute Gasteiger partial charge is 0.496 e. The topological polar surface area (TPSA) is 9.23 Å². The Balaban J connectivity index is 3.12. The van der Waals surface area contributed by atoms with Gasteiger partial charge < -0.3 is 4.74 Å². The fourth-order valence-electron chi connectivity index (χ4n) is 0.821. The van der Waals surface area contributed by atoms with Crippen LogP contribution in [-0.2, 0) is 0 Å². The Hall–Kier alpha value is -0.540. The average molecular weight is 184 g/mol. The van der Waals surface area contributed by atoms with Crippen LogP contribution in [0.3, 0.4) is 0 Å². The smallest absolute Gasteiger partial charge is 0.128 e. The van der Waals surface area contributed by atoms with Crippen LogP contribution in [0.15, 0.2) is 24.3 Å². The maximum absolute atomic E-state index is 5.07. The monoisotopic (exact) mass is 184 g/mol. The molecular weight excluding hydrogens is 176 g/mol. The van der Waals surface area contributed by atoms with Crippen molar-refractivity contribution in [3.05, 3.63) is 29.8 Å². The van der Waals surface area contributed by atoms with Gasteiger partial charge in [-0.3, -0.25) is 0 Å². The van der Waals surface area contributed by atoms with Gasteiger partial charge in [0.05, 0.1) is 11.3 Å². The maximum Gasteiger partial charge on any atom is 0.128 e. The summed E-state index contributed by atoms with van der Waals surface area (Å²) in [5.41, 5.74) is 0.869. The molecule has 3 heteroatoms. The van der Waals surface area contributed by atoms with Crippen LogP contribution in [0.1, 0.15) is 5.56 Å². The second-order valence-electron chi connectivity index (χ2n) is 2.01. The van der Waals surface area contributed by atoms with Crippen molar-refractivity contribution in [2.75, 3.05) is 7.11 Å². The van der Waals surface area contributed by atoms with Gasteiger partial charge in [0.2, 0.25) is 0 Å². The lowest BCUT2D eigenvalue weighted by Gasteiger charge is -2.04. The van der Waals surface area contributed by atoms with E-state index in [1.807, 2.05) is 24.3 Å².